The Labute approximate surface area is 294 Å². The fourth-order valence-electron chi connectivity index (χ4n) is 7.87. The van der Waals surface area contributed by atoms with Gasteiger partial charge in [-0.3, -0.25) is 28.6 Å². The van der Waals surface area contributed by atoms with Crippen molar-refractivity contribution < 1.29 is 29.4 Å². The van der Waals surface area contributed by atoms with Gasteiger partial charge >= 0.3 is 6.09 Å². The van der Waals surface area contributed by atoms with Gasteiger partial charge in [-0.2, -0.15) is 0 Å². The molecule has 2 atom stereocenters. The number of hydrogen-bond acceptors (Lipinski definition) is 7. The van der Waals surface area contributed by atoms with Gasteiger partial charge in [-0.05, 0) is 49.1 Å². The number of amides is 4. The van der Waals surface area contributed by atoms with Crippen LogP contribution in [0.3, 0.4) is 0 Å². The highest BCUT2D eigenvalue weighted by Crippen LogP contribution is 2.38. The van der Waals surface area contributed by atoms with Crippen LogP contribution in [0.15, 0.2) is 71.9 Å². The number of piperidine rings is 2. The summed E-state index contributed by atoms with van der Waals surface area (Å²) in [6.07, 6.45) is 3.11. The second kappa shape index (κ2) is 13.3. The van der Waals surface area contributed by atoms with Gasteiger partial charge in [-0.25, -0.2) is 9.78 Å². The van der Waals surface area contributed by atoms with Crippen LogP contribution in [0.4, 0.5) is 16.2 Å². The summed E-state index contributed by atoms with van der Waals surface area (Å²) in [7, 11) is 1.82. The van der Waals surface area contributed by atoms with Gasteiger partial charge in [0.05, 0.1) is 28.9 Å². The molecule has 51 heavy (non-hydrogen) atoms. The molecule has 0 spiro atoms. The van der Waals surface area contributed by atoms with Crippen LogP contribution in [0.2, 0.25) is 0 Å². The van der Waals surface area contributed by atoms with Gasteiger partial charge in [0, 0.05) is 76.8 Å². The van der Waals surface area contributed by atoms with Crippen molar-refractivity contribution >= 4 is 46.2 Å². The van der Waals surface area contributed by atoms with Crippen molar-refractivity contribution in [3.05, 3.63) is 88.6 Å². The summed E-state index contributed by atoms with van der Waals surface area (Å²) in [5.74, 6) is -1.21. The number of aryl methyl sites for hydroxylation is 1. The molecule has 0 bridgehead atoms. The van der Waals surface area contributed by atoms with Crippen molar-refractivity contribution in [2.24, 2.45) is 13.0 Å². The van der Waals surface area contributed by atoms with Gasteiger partial charge in [-0.1, -0.05) is 30.3 Å². The number of rotatable bonds is 5. The van der Waals surface area contributed by atoms with Gasteiger partial charge in [-0.15, -0.1) is 0 Å². The van der Waals surface area contributed by atoms with Crippen LogP contribution in [0.25, 0.3) is 11.0 Å². The number of carbonyl (C=O) groups excluding carboxylic acids is 3. The molecule has 14 heteroatoms. The Morgan fingerprint density at radius 3 is 2.33 bits per heavy atom. The maximum absolute atomic E-state index is 14.2. The molecule has 2 fully saturated rings. The lowest BCUT2D eigenvalue weighted by Crippen LogP contribution is -2.53. The largest absolute Gasteiger partial charge is 0.465 e. The second-order valence-corrected chi connectivity index (χ2v) is 13.9. The number of anilines is 2. The van der Waals surface area contributed by atoms with Crippen molar-refractivity contribution in [3.63, 3.8) is 0 Å². The molecule has 0 unspecified atom stereocenters. The number of carbonyl (C=O) groups is 4. The Morgan fingerprint density at radius 1 is 0.902 bits per heavy atom. The van der Waals surface area contributed by atoms with E-state index in [-0.39, 0.29) is 61.1 Å². The lowest BCUT2D eigenvalue weighted by atomic mass is 9.79. The predicted octanol–water partition coefficient (Wildman–Crippen LogP) is 2.89. The van der Waals surface area contributed by atoms with Gasteiger partial charge in [0.15, 0.2) is 0 Å². The fourth-order valence-corrected chi connectivity index (χ4v) is 7.87. The summed E-state index contributed by atoms with van der Waals surface area (Å²) in [5, 5.41) is 21.8. The van der Waals surface area contributed by atoms with Crippen molar-refractivity contribution in [2.45, 2.75) is 44.2 Å². The highest BCUT2D eigenvalue weighted by atomic mass is 16.4. The van der Waals surface area contributed by atoms with E-state index in [4.69, 9.17) is 0 Å². The molecule has 14 nitrogen and oxygen atoms in total. The smallest absolute Gasteiger partial charge is 0.411 e. The summed E-state index contributed by atoms with van der Waals surface area (Å²) in [6.45, 7) is 3.10. The van der Waals surface area contributed by atoms with E-state index in [1.165, 1.54) is 28.8 Å². The Kier molecular flexibility index (Phi) is 8.87. The minimum Gasteiger partial charge on any atom is -0.465 e. The number of carboxylic acid groups (broad SMARTS) is 1. The van der Waals surface area contributed by atoms with Crippen LogP contribution < -0.4 is 15.4 Å². The fraction of sp³-hybridized carbons (Fsp3) is 0.405. The lowest BCUT2D eigenvalue weighted by Gasteiger charge is -2.43. The SMILES string of the molecule is CC(=O)N1CCN(C(=O)O)c2cc(C(=O)N3CC[C@@H](C(=O)N4CCC(O)(Cn5cnc6c(ccn6C)c5=O)CC4)[C@H](c4ccccc4)C3)ccc21. The first-order chi connectivity index (χ1) is 24.4. The maximum Gasteiger partial charge on any atom is 0.411 e. The summed E-state index contributed by atoms with van der Waals surface area (Å²) in [4.78, 5) is 76.1. The molecule has 2 N–H and O–H groups in total. The number of hydrogen-bond donors (Lipinski definition) is 2. The average molecular weight is 696 g/mol. The molecule has 4 aromatic rings. The number of fused-ring (bicyclic) bond motifs is 2. The van der Waals surface area contributed by atoms with Gasteiger partial charge < -0.3 is 29.5 Å². The Bertz CT molecular complexity index is 2070. The zero-order valence-corrected chi connectivity index (χ0v) is 28.6. The molecular formula is C37H41N7O7. The average Bonchev–Trinajstić information content (AvgIpc) is 3.52. The highest BCUT2D eigenvalue weighted by molar-refractivity contribution is 6.04. The number of aliphatic hydroxyl groups is 1. The van der Waals surface area contributed by atoms with E-state index >= 15 is 0 Å². The van der Waals surface area contributed by atoms with Gasteiger partial charge in [0.25, 0.3) is 11.5 Å². The standard InChI is InChI=1S/C37H41N7O7/c1-24(45)43-18-19-44(36(49)50)31-20-26(8-9-30(31)43)33(46)41-15-11-27(29(21-41)25-6-4-3-5-7-25)34(47)40-16-12-37(51,13-17-40)22-42-23-38-32-28(35(42)48)10-14-39(32)2/h3-10,14,20,23,27,29,51H,11-13,15-19,21-22H2,1-2H3,(H,49,50)/t27-,29+/m1/s1. The quantitative estimate of drug-likeness (QED) is 0.322. The third kappa shape index (κ3) is 6.35. The van der Waals surface area contributed by atoms with E-state index in [9.17, 15) is 34.2 Å². The van der Waals surface area contributed by atoms with E-state index in [1.54, 1.807) is 38.8 Å². The van der Waals surface area contributed by atoms with Crippen LogP contribution >= 0.6 is 0 Å². The molecule has 3 aliphatic rings. The van der Waals surface area contributed by atoms with Crippen LogP contribution in [0.5, 0.6) is 0 Å². The first kappa shape index (κ1) is 34.0. The van der Waals surface area contributed by atoms with Crippen LogP contribution in [-0.2, 0) is 23.2 Å². The number of likely N-dealkylation sites (tertiary alicyclic amines) is 2. The van der Waals surface area contributed by atoms with E-state index in [0.717, 1.165) is 10.5 Å². The van der Waals surface area contributed by atoms with E-state index in [2.05, 4.69) is 4.98 Å². The first-order valence-corrected chi connectivity index (χ1v) is 17.2. The summed E-state index contributed by atoms with van der Waals surface area (Å²) >= 11 is 0. The normalized spacial score (nSPS) is 20.3. The third-order valence-electron chi connectivity index (χ3n) is 10.7. The molecule has 4 amide bonds. The zero-order chi connectivity index (χ0) is 36.0. The highest BCUT2D eigenvalue weighted by Gasteiger charge is 2.42. The molecule has 266 valence electrons. The second-order valence-electron chi connectivity index (χ2n) is 13.9. The van der Waals surface area contributed by atoms with Gasteiger partial charge in [0.1, 0.15) is 12.0 Å². The molecule has 0 aliphatic carbocycles. The monoisotopic (exact) mass is 695 g/mol. The number of nitrogens with zero attached hydrogens (tertiary/aromatic N) is 7. The molecule has 3 aliphatic heterocycles. The zero-order valence-electron chi connectivity index (χ0n) is 28.6. The number of benzene rings is 2. The third-order valence-corrected chi connectivity index (χ3v) is 10.7. The molecule has 2 aromatic carbocycles. The van der Waals surface area contributed by atoms with Crippen molar-refractivity contribution in [1.29, 1.82) is 0 Å². The van der Waals surface area contributed by atoms with E-state index in [0.29, 0.717) is 61.2 Å². The maximum atomic E-state index is 14.2. The molecule has 2 aromatic heterocycles. The molecule has 0 saturated carbocycles. The van der Waals surface area contributed by atoms with E-state index < -0.39 is 17.6 Å². The molecule has 7 rings (SSSR count). The first-order valence-electron chi connectivity index (χ1n) is 17.2. The molecular weight excluding hydrogens is 654 g/mol. The lowest BCUT2D eigenvalue weighted by molar-refractivity contribution is -0.142. The van der Waals surface area contributed by atoms with Crippen LogP contribution in [0.1, 0.15) is 48.0 Å². The summed E-state index contributed by atoms with van der Waals surface area (Å²) < 4.78 is 3.22. The minimum atomic E-state index is -1.17. The topological polar surface area (TPSA) is 162 Å². The molecule has 5 heterocycles. The van der Waals surface area contributed by atoms with Gasteiger partial charge in [0.2, 0.25) is 11.8 Å². The Hall–Kier alpha value is -5.50. The molecule has 2 saturated heterocycles. The Morgan fingerprint density at radius 2 is 1.63 bits per heavy atom. The van der Waals surface area contributed by atoms with Crippen molar-refractivity contribution in [3.8, 4) is 0 Å². The minimum absolute atomic E-state index is 0.0299. The number of aromatic nitrogens is 3. The summed E-state index contributed by atoms with van der Waals surface area (Å²) in [6, 6.07) is 16.1. The van der Waals surface area contributed by atoms with Crippen molar-refractivity contribution in [1.82, 2.24) is 23.9 Å². The van der Waals surface area contributed by atoms with Crippen LogP contribution in [-0.4, -0.2) is 103 Å². The Balaban J connectivity index is 1.07. The van der Waals surface area contributed by atoms with Crippen molar-refractivity contribution in [2.75, 3.05) is 49.1 Å². The molecule has 0 radical (unpaired) electrons. The predicted molar refractivity (Wildman–Crippen MR) is 189 cm³/mol. The van der Waals surface area contributed by atoms with E-state index in [1.807, 2.05) is 37.4 Å². The van der Waals surface area contributed by atoms with Crippen LogP contribution in [0, 0.1) is 5.92 Å². The summed E-state index contributed by atoms with van der Waals surface area (Å²) in [5.41, 5.74) is 1.15.